The summed E-state index contributed by atoms with van der Waals surface area (Å²) < 4.78 is 7.37. The Kier molecular flexibility index (Phi) is 4.82. The average Bonchev–Trinajstić information content (AvgIpc) is 3.00. The molecule has 0 fully saturated rings. The molecule has 0 amide bonds. The van der Waals surface area contributed by atoms with Crippen molar-refractivity contribution in [3.63, 3.8) is 0 Å². The van der Waals surface area contributed by atoms with Crippen molar-refractivity contribution in [2.24, 2.45) is 7.05 Å². The highest BCUT2D eigenvalue weighted by Crippen LogP contribution is 2.37. The number of ether oxygens (including phenoxy) is 1. The minimum atomic E-state index is -0.278. The van der Waals surface area contributed by atoms with Crippen LogP contribution in [0.25, 0.3) is 10.2 Å². The van der Waals surface area contributed by atoms with E-state index in [-0.39, 0.29) is 11.2 Å². The molecule has 7 nitrogen and oxygen atoms in total. The molecule has 0 radical (unpaired) electrons. The molecule has 28 heavy (non-hydrogen) atoms. The topological polar surface area (TPSA) is 80.2 Å². The molecular weight excluding hydrogens is 394 g/mol. The van der Waals surface area contributed by atoms with Gasteiger partial charge in [-0.3, -0.25) is 20.2 Å². The van der Waals surface area contributed by atoms with Gasteiger partial charge in [-0.05, 0) is 43.8 Å². The Bertz CT molecular complexity index is 1100. The molecule has 0 unspecified atom stereocenters. The number of benzene rings is 1. The highest BCUT2D eigenvalue weighted by molar-refractivity contribution is 7.80. The maximum absolute atomic E-state index is 13.0. The number of thiophene rings is 1. The Morgan fingerprint density at radius 3 is 2.82 bits per heavy atom. The van der Waals surface area contributed by atoms with Crippen LogP contribution in [0.4, 0.5) is 11.6 Å². The van der Waals surface area contributed by atoms with Gasteiger partial charge in [0, 0.05) is 24.0 Å². The van der Waals surface area contributed by atoms with E-state index < -0.39 is 0 Å². The molecule has 2 aromatic heterocycles. The van der Waals surface area contributed by atoms with Gasteiger partial charge in [0.25, 0.3) is 5.56 Å². The average molecular weight is 416 g/mol. The normalized spacial score (nSPS) is 15.1. The van der Waals surface area contributed by atoms with Crippen LogP contribution in [0.5, 0.6) is 0 Å². The summed E-state index contributed by atoms with van der Waals surface area (Å²) in [5.74, 6) is 0.397. The molecule has 0 bridgehead atoms. The van der Waals surface area contributed by atoms with Crippen molar-refractivity contribution >= 4 is 50.5 Å². The van der Waals surface area contributed by atoms with Crippen molar-refractivity contribution in [3.8, 4) is 0 Å². The number of nitrogens with one attached hydrogen (secondary N) is 3. The first-order chi connectivity index (χ1) is 13.3. The molecule has 146 valence electrons. The molecule has 4 rings (SSSR count). The first-order valence-corrected chi connectivity index (χ1v) is 10.1. The predicted molar refractivity (Wildman–Crippen MR) is 117 cm³/mol. The van der Waals surface area contributed by atoms with Crippen molar-refractivity contribution in [2.75, 3.05) is 10.7 Å². The zero-order valence-electron chi connectivity index (χ0n) is 15.8. The molecule has 1 aliphatic heterocycles. The molecule has 3 aromatic rings. The van der Waals surface area contributed by atoms with Crippen LogP contribution in [0.2, 0.25) is 0 Å². The van der Waals surface area contributed by atoms with E-state index in [1.165, 1.54) is 15.9 Å². The zero-order chi connectivity index (χ0) is 19.9. The fourth-order valence-electron chi connectivity index (χ4n) is 3.18. The van der Waals surface area contributed by atoms with Crippen LogP contribution in [-0.4, -0.2) is 20.3 Å². The predicted octanol–water partition coefficient (Wildman–Crippen LogP) is 3.16. The summed E-state index contributed by atoms with van der Waals surface area (Å²) in [5, 5.41) is 4.13. The number of para-hydroxylation sites is 1. The van der Waals surface area contributed by atoms with Gasteiger partial charge in [0.05, 0.1) is 17.6 Å². The summed E-state index contributed by atoms with van der Waals surface area (Å²) in [7, 11) is 1.70. The number of aromatic nitrogens is 2. The third-order valence-electron chi connectivity index (χ3n) is 4.63. The van der Waals surface area contributed by atoms with E-state index >= 15 is 0 Å². The summed E-state index contributed by atoms with van der Waals surface area (Å²) in [6.07, 6.45) is 0.704. The Labute approximate surface area is 171 Å². The molecule has 3 heterocycles. The first-order valence-electron chi connectivity index (χ1n) is 8.87. The number of nitrogens with zero attached hydrogens (tertiary/aromatic N) is 2. The highest BCUT2D eigenvalue weighted by atomic mass is 32.1. The number of fused-ring (bicyclic) bond motifs is 3. The van der Waals surface area contributed by atoms with Gasteiger partial charge in [-0.25, -0.2) is 4.98 Å². The van der Waals surface area contributed by atoms with Crippen molar-refractivity contribution < 1.29 is 4.74 Å². The van der Waals surface area contributed by atoms with Crippen molar-refractivity contribution in [2.45, 2.75) is 32.5 Å². The van der Waals surface area contributed by atoms with Crippen LogP contribution >= 0.6 is 23.6 Å². The second-order valence-corrected chi connectivity index (χ2v) is 8.77. The van der Waals surface area contributed by atoms with Crippen molar-refractivity contribution in [1.29, 1.82) is 0 Å². The van der Waals surface area contributed by atoms with Crippen LogP contribution in [0.1, 0.15) is 24.3 Å². The van der Waals surface area contributed by atoms with Crippen LogP contribution < -0.4 is 21.7 Å². The molecule has 3 N–H and O–H groups in total. The monoisotopic (exact) mass is 415 g/mol. The summed E-state index contributed by atoms with van der Waals surface area (Å²) >= 11 is 6.80. The van der Waals surface area contributed by atoms with E-state index in [0.29, 0.717) is 34.3 Å². The molecule has 0 spiro atoms. The summed E-state index contributed by atoms with van der Waals surface area (Å²) in [6, 6.07) is 9.59. The number of hydrazine groups is 1. The molecular formula is C19H21N5O2S2. The second kappa shape index (κ2) is 7.16. The van der Waals surface area contributed by atoms with Crippen LogP contribution in [0, 0.1) is 0 Å². The van der Waals surface area contributed by atoms with Gasteiger partial charge < -0.3 is 10.1 Å². The van der Waals surface area contributed by atoms with Gasteiger partial charge in [-0.1, -0.05) is 18.2 Å². The minimum absolute atomic E-state index is 0.0774. The fourth-order valence-corrected chi connectivity index (χ4v) is 4.44. The van der Waals surface area contributed by atoms with Gasteiger partial charge in [0.1, 0.15) is 4.83 Å². The largest absolute Gasteiger partial charge is 0.370 e. The summed E-state index contributed by atoms with van der Waals surface area (Å²) in [6.45, 7) is 4.59. The fraction of sp³-hybridized carbons (Fsp3) is 0.316. The highest BCUT2D eigenvalue weighted by Gasteiger charge is 2.31. The molecule has 0 atom stereocenters. The standard InChI is InChI=1S/C19H21N5O2S2/c1-19(2)9-12-13(10-26-19)28-15-14(12)16(25)24(3)17(21-15)22-23-18(27)20-11-7-5-4-6-8-11/h4-8H,9-10H2,1-3H3,(H,21,22)(H2,20,23,27). The number of rotatable bonds is 3. The van der Waals surface area contributed by atoms with Gasteiger partial charge in [0.2, 0.25) is 5.95 Å². The van der Waals surface area contributed by atoms with E-state index in [1.54, 1.807) is 7.05 Å². The molecule has 0 saturated heterocycles. The lowest BCUT2D eigenvalue weighted by molar-refractivity contribution is -0.0379. The van der Waals surface area contributed by atoms with Crippen LogP contribution in [0.3, 0.4) is 0 Å². The first kappa shape index (κ1) is 18.9. The summed E-state index contributed by atoms with van der Waals surface area (Å²) in [4.78, 5) is 19.4. The van der Waals surface area contributed by atoms with Gasteiger partial charge in [0.15, 0.2) is 5.11 Å². The van der Waals surface area contributed by atoms with Crippen LogP contribution in [0.15, 0.2) is 35.1 Å². The SMILES string of the molecule is Cn1c(NNC(=S)Nc2ccccc2)nc2sc3c(c2c1=O)CC(C)(C)OC3. The number of thiocarbonyl (C=S) groups is 1. The Morgan fingerprint density at radius 2 is 2.07 bits per heavy atom. The lowest BCUT2D eigenvalue weighted by atomic mass is 9.94. The van der Waals surface area contributed by atoms with Gasteiger partial charge in [-0.15, -0.1) is 11.3 Å². The Hall–Kier alpha value is -2.49. The van der Waals surface area contributed by atoms with Crippen molar-refractivity contribution in [3.05, 3.63) is 51.1 Å². The van der Waals surface area contributed by atoms with E-state index in [9.17, 15) is 4.79 Å². The van der Waals surface area contributed by atoms with E-state index in [0.717, 1.165) is 16.1 Å². The van der Waals surface area contributed by atoms with Crippen LogP contribution in [-0.2, 0) is 24.8 Å². The number of hydrogen-bond donors (Lipinski definition) is 3. The van der Waals surface area contributed by atoms with E-state index in [4.69, 9.17) is 17.0 Å². The summed E-state index contributed by atoms with van der Waals surface area (Å²) in [5.41, 5.74) is 7.39. The van der Waals surface area contributed by atoms with E-state index in [1.807, 2.05) is 44.2 Å². The molecule has 1 aromatic carbocycles. The smallest absolute Gasteiger partial charge is 0.263 e. The minimum Gasteiger partial charge on any atom is -0.370 e. The molecule has 9 heteroatoms. The van der Waals surface area contributed by atoms with Gasteiger partial charge in [-0.2, -0.15) is 0 Å². The number of hydrogen-bond acceptors (Lipinski definition) is 6. The molecule has 0 saturated carbocycles. The third-order valence-corrected chi connectivity index (χ3v) is 5.94. The molecule has 0 aliphatic carbocycles. The number of anilines is 2. The maximum Gasteiger partial charge on any atom is 0.263 e. The van der Waals surface area contributed by atoms with E-state index in [2.05, 4.69) is 21.2 Å². The molecule has 1 aliphatic rings. The lowest BCUT2D eigenvalue weighted by Gasteiger charge is -2.29. The quantitative estimate of drug-likeness (QED) is 0.448. The lowest BCUT2D eigenvalue weighted by Crippen LogP contribution is -2.36. The Morgan fingerprint density at radius 1 is 1.32 bits per heavy atom. The third kappa shape index (κ3) is 3.60. The second-order valence-electron chi connectivity index (χ2n) is 7.28. The van der Waals surface area contributed by atoms with Gasteiger partial charge >= 0.3 is 0 Å². The maximum atomic E-state index is 13.0. The zero-order valence-corrected chi connectivity index (χ0v) is 17.5. The van der Waals surface area contributed by atoms with Crippen molar-refractivity contribution in [1.82, 2.24) is 15.0 Å². The Balaban J connectivity index is 1.58.